The lowest BCUT2D eigenvalue weighted by Crippen LogP contribution is -2.12. The molecule has 1 heterocycles. The van der Waals surface area contributed by atoms with Crippen LogP contribution in [0.5, 0.6) is 5.75 Å². The molecule has 100 valence electrons. The fraction of sp³-hybridized carbons (Fsp3) is 0.429. The summed E-state index contributed by atoms with van der Waals surface area (Å²) in [6.07, 6.45) is 2.25. The third-order valence-electron chi connectivity index (χ3n) is 3.47. The van der Waals surface area contributed by atoms with Crippen molar-refractivity contribution in [2.45, 2.75) is 32.4 Å². The van der Waals surface area contributed by atoms with Gasteiger partial charge < -0.3 is 14.6 Å². The summed E-state index contributed by atoms with van der Waals surface area (Å²) in [6, 6.07) is 6.72. The van der Waals surface area contributed by atoms with Crippen molar-refractivity contribution in [3.63, 3.8) is 0 Å². The van der Waals surface area contributed by atoms with Gasteiger partial charge in [-0.3, -0.25) is 0 Å². The SMILES string of the molecule is CNC1CCc2cc(OCc3nc(C)no3)ccc21. The number of hydrogen-bond acceptors (Lipinski definition) is 5. The highest BCUT2D eigenvalue weighted by atomic mass is 16.5. The van der Waals surface area contributed by atoms with Gasteiger partial charge >= 0.3 is 0 Å². The van der Waals surface area contributed by atoms with E-state index in [2.05, 4.69) is 27.6 Å². The van der Waals surface area contributed by atoms with E-state index in [4.69, 9.17) is 9.26 Å². The predicted molar refractivity (Wildman–Crippen MR) is 69.9 cm³/mol. The van der Waals surface area contributed by atoms with Gasteiger partial charge in [-0.25, -0.2) is 0 Å². The van der Waals surface area contributed by atoms with E-state index in [1.165, 1.54) is 11.1 Å². The first-order valence-electron chi connectivity index (χ1n) is 6.48. The molecule has 1 aliphatic carbocycles. The van der Waals surface area contributed by atoms with E-state index in [0.29, 0.717) is 24.4 Å². The Balaban J connectivity index is 1.69. The monoisotopic (exact) mass is 259 g/mol. The normalized spacial score (nSPS) is 17.5. The Morgan fingerprint density at radius 1 is 1.47 bits per heavy atom. The van der Waals surface area contributed by atoms with Crippen molar-refractivity contribution in [1.82, 2.24) is 15.5 Å². The zero-order valence-corrected chi connectivity index (χ0v) is 11.1. The molecule has 5 heteroatoms. The largest absolute Gasteiger partial charge is 0.484 e. The van der Waals surface area contributed by atoms with Gasteiger partial charge in [0.25, 0.3) is 5.89 Å². The van der Waals surface area contributed by atoms with E-state index in [9.17, 15) is 0 Å². The van der Waals surface area contributed by atoms with E-state index in [1.54, 1.807) is 6.92 Å². The van der Waals surface area contributed by atoms with Crippen LogP contribution in [0.15, 0.2) is 22.7 Å². The zero-order chi connectivity index (χ0) is 13.2. The van der Waals surface area contributed by atoms with E-state index in [-0.39, 0.29) is 0 Å². The predicted octanol–water partition coefficient (Wildman–Crippen LogP) is 2.16. The molecular weight excluding hydrogens is 242 g/mol. The third kappa shape index (κ3) is 2.46. The van der Waals surface area contributed by atoms with Crippen molar-refractivity contribution in [1.29, 1.82) is 0 Å². The second-order valence-electron chi connectivity index (χ2n) is 4.76. The Morgan fingerprint density at radius 2 is 2.37 bits per heavy atom. The molecule has 3 rings (SSSR count). The molecule has 1 atom stereocenters. The molecular formula is C14H17N3O2. The molecule has 0 aliphatic heterocycles. The fourth-order valence-corrected chi connectivity index (χ4v) is 2.53. The van der Waals surface area contributed by atoms with Gasteiger partial charge in [-0.05, 0) is 50.1 Å². The summed E-state index contributed by atoms with van der Waals surface area (Å²) in [7, 11) is 2.00. The molecule has 1 aliphatic rings. The minimum absolute atomic E-state index is 0.315. The Labute approximate surface area is 112 Å². The summed E-state index contributed by atoms with van der Waals surface area (Å²) in [5.74, 6) is 1.99. The maximum atomic E-state index is 5.68. The molecule has 1 N–H and O–H groups in total. The topological polar surface area (TPSA) is 60.2 Å². The van der Waals surface area contributed by atoms with E-state index in [0.717, 1.165) is 18.6 Å². The minimum Gasteiger partial charge on any atom is -0.484 e. The molecule has 0 radical (unpaired) electrons. The van der Waals surface area contributed by atoms with Crippen molar-refractivity contribution in [2.75, 3.05) is 7.05 Å². The Hall–Kier alpha value is -1.88. The van der Waals surface area contributed by atoms with Crippen molar-refractivity contribution in [2.24, 2.45) is 0 Å². The van der Waals surface area contributed by atoms with E-state index in [1.807, 2.05) is 13.1 Å². The second kappa shape index (κ2) is 5.01. The molecule has 0 saturated heterocycles. The molecule has 19 heavy (non-hydrogen) atoms. The number of aryl methyl sites for hydroxylation is 2. The van der Waals surface area contributed by atoms with Crippen LogP contribution in [0.2, 0.25) is 0 Å². The Kier molecular flexibility index (Phi) is 3.21. The maximum Gasteiger partial charge on any atom is 0.264 e. The van der Waals surface area contributed by atoms with E-state index < -0.39 is 0 Å². The first-order valence-corrected chi connectivity index (χ1v) is 6.48. The number of hydrogen-bond donors (Lipinski definition) is 1. The van der Waals surface area contributed by atoms with Gasteiger partial charge in [-0.15, -0.1) is 0 Å². The highest BCUT2D eigenvalue weighted by molar-refractivity contribution is 5.40. The van der Waals surface area contributed by atoms with Crippen LogP contribution < -0.4 is 10.1 Å². The van der Waals surface area contributed by atoms with Gasteiger partial charge in [0, 0.05) is 6.04 Å². The molecule has 0 fully saturated rings. The van der Waals surface area contributed by atoms with Crippen LogP contribution in [0.25, 0.3) is 0 Å². The Bertz CT molecular complexity index is 580. The van der Waals surface area contributed by atoms with Crippen molar-refractivity contribution in [3.05, 3.63) is 41.0 Å². The molecule has 1 aromatic heterocycles. The fourth-order valence-electron chi connectivity index (χ4n) is 2.53. The number of fused-ring (bicyclic) bond motifs is 1. The lowest BCUT2D eigenvalue weighted by Gasteiger charge is -2.10. The van der Waals surface area contributed by atoms with E-state index >= 15 is 0 Å². The summed E-state index contributed by atoms with van der Waals surface area (Å²) in [4.78, 5) is 4.11. The minimum atomic E-state index is 0.315. The first kappa shape index (κ1) is 12.2. The number of benzene rings is 1. The smallest absolute Gasteiger partial charge is 0.264 e. The maximum absolute atomic E-state index is 5.68. The van der Waals surface area contributed by atoms with Crippen molar-refractivity contribution in [3.8, 4) is 5.75 Å². The molecule has 1 aromatic carbocycles. The average Bonchev–Trinajstić information content (AvgIpc) is 3.01. The van der Waals surface area contributed by atoms with Crippen LogP contribution in [-0.2, 0) is 13.0 Å². The van der Waals surface area contributed by atoms with Gasteiger partial charge in [0.1, 0.15) is 5.75 Å². The number of nitrogens with one attached hydrogen (secondary N) is 1. The standard InChI is InChI=1S/C14H17N3O2/c1-9-16-14(19-17-9)8-18-11-4-5-12-10(7-11)3-6-13(12)15-2/h4-5,7,13,15H,3,6,8H2,1-2H3. The number of rotatable bonds is 4. The molecule has 2 aromatic rings. The summed E-state index contributed by atoms with van der Waals surface area (Å²) in [5, 5.41) is 7.06. The van der Waals surface area contributed by atoms with Crippen LogP contribution in [0.4, 0.5) is 0 Å². The third-order valence-corrected chi connectivity index (χ3v) is 3.47. The van der Waals surface area contributed by atoms with Crippen LogP contribution >= 0.6 is 0 Å². The van der Waals surface area contributed by atoms with Gasteiger partial charge in [-0.2, -0.15) is 4.98 Å². The van der Waals surface area contributed by atoms with Crippen LogP contribution in [-0.4, -0.2) is 17.2 Å². The molecule has 1 unspecified atom stereocenters. The van der Waals surface area contributed by atoms with Gasteiger partial charge in [-0.1, -0.05) is 11.2 Å². The summed E-state index contributed by atoms with van der Waals surface area (Å²) in [5.41, 5.74) is 2.74. The molecule has 0 saturated carbocycles. The van der Waals surface area contributed by atoms with Crippen molar-refractivity contribution >= 4 is 0 Å². The van der Waals surface area contributed by atoms with Crippen LogP contribution in [0.3, 0.4) is 0 Å². The second-order valence-corrected chi connectivity index (χ2v) is 4.76. The molecule has 0 amide bonds. The summed E-state index contributed by atoms with van der Waals surface area (Å²) in [6.45, 7) is 2.11. The quantitative estimate of drug-likeness (QED) is 0.911. The zero-order valence-electron chi connectivity index (χ0n) is 11.1. The number of ether oxygens (including phenoxy) is 1. The van der Waals surface area contributed by atoms with Crippen molar-refractivity contribution < 1.29 is 9.26 Å². The van der Waals surface area contributed by atoms with Gasteiger partial charge in [0.05, 0.1) is 0 Å². The molecule has 0 spiro atoms. The number of nitrogens with zero attached hydrogens (tertiary/aromatic N) is 2. The summed E-state index contributed by atoms with van der Waals surface area (Å²) >= 11 is 0. The lowest BCUT2D eigenvalue weighted by molar-refractivity contribution is 0.242. The van der Waals surface area contributed by atoms with Gasteiger partial charge in [0.15, 0.2) is 12.4 Å². The Morgan fingerprint density at radius 3 is 3.11 bits per heavy atom. The first-order chi connectivity index (χ1) is 9.26. The number of aromatic nitrogens is 2. The molecule has 0 bridgehead atoms. The van der Waals surface area contributed by atoms with Crippen LogP contribution in [0, 0.1) is 6.92 Å². The summed E-state index contributed by atoms with van der Waals surface area (Å²) < 4.78 is 10.7. The van der Waals surface area contributed by atoms with Crippen LogP contribution in [0.1, 0.15) is 35.3 Å². The highest BCUT2D eigenvalue weighted by Crippen LogP contribution is 2.33. The van der Waals surface area contributed by atoms with Gasteiger partial charge in [0.2, 0.25) is 0 Å². The average molecular weight is 259 g/mol. The highest BCUT2D eigenvalue weighted by Gasteiger charge is 2.21. The molecule has 5 nitrogen and oxygen atoms in total. The lowest BCUT2D eigenvalue weighted by atomic mass is 10.1.